The molecule has 0 aliphatic heterocycles. The van der Waals surface area contributed by atoms with Crippen LogP contribution in [0.25, 0.3) is 0 Å². The molecule has 0 bridgehead atoms. The van der Waals surface area contributed by atoms with Gasteiger partial charge in [0, 0.05) is 24.9 Å². The molecule has 0 spiro atoms. The van der Waals surface area contributed by atoms with E-state index in [1.54, 1.807) is 24.4 Å². The van der Waals surface area contributed by atoms with E-state index in [0.717, 1.165) is 13.0 Å². The molecule has 1 aromatic carbocycles. The minimum Gasteiger partial charge on any atom is -0.495 e. The van der Waals surface area contributed by atoms with E-state index in [0.29, 0.717) is 34.1 Å². The van der Waals surface area contributed by atoms with Crippen LogP contribution in [0.15, 0.2) is 24.4 Å². The summed E-state index contributed by atoms with van der Waals surface area (Å²) in [4.78, 5) is 20.9. The van der Waals surface area contributed by atoms with E-state index in [-0.39, 0.29) is 11.6 Å². The largest absolute Gasteiger partial charge is 0.495 e. The minimum atomic E-state index is -0.387. The molecule has 0 aliphatic carbocycles. The average molecular weight is 379 g/mol. The second-order valence-corrected chi connectivity index (χ2v) is 6.42. The Morgan fingerprint density at radius 3 is 2.62 bits per heavy atom. The third kappa shape index (κ3) is 5.23. The molecule has 0 saturated heterocycles. The van der Waals surface area contributed by atoms with E-state index >= 15 is 0 Å². The van der Waals surface area contributed by atoms with Gasteiger partial charge >= 0.3 is 0 Å². The van der Waals surface area contributed by atoms with Crippen LogP contribution < -0.4 is 20.1 Å². The number of aromatic nitrogens is 2. The molecular formula is C18H23ClN4O3. The lowest BCUT2D eigenvalue weighted by molar-refractivity contribution is 0.102. The monoisotopic (exact) mass is 378 g/mol. The van der Waals surface area contributed by atoms with Gasteiger partial charge in [0.1, 0.15) is 17.2 Å². The van der Waals surface area contributed by atoms with Gasteiger partial charge < -0.3 is 20.1 Å². The highest BCUT2D eigenvalue weighted by Crippen LogP contribution is 2.36. The molecule has 140 valence electrons. The van der Waals surface area contributed by atoms with Gasteiger partial charge in [-0.05, 0) is 18.4 Å². The molecule has 1 heterocycles. The third-order valence-corrected chi connectivity index (χ3v) is 3.91. The molecule has 8 heteroatoms. The van der Waals surface area contributed by atoms with E-state index < -0.39 is 0 Å². The Morgan fingerprint density at radius 1 is 1.23 bits per heavy atom. The molecule has 1 aromatic heterocycles. The van der Waals surface area contributed by atoms with Crippen LogP contribution in [-0.2, 0) is 0 Å². The molecule has 2 rings (SSSR count). The first-order chi connectivity index (χ1) is 12.4. The van der Waals surface area contributed by atoms with Crippen molar-refractivity contribution in [3.63, 3.8) is 0 Å². The number of methoxy groups -OCH3 is 2. The van der Waals surface area contributed by atoms with E-state index in [1.165, 1.54) is 14.2 Å². The van der Waals surface area contributed by atoms with Crippen molar-refractivity contribution < 1.29 is 14.3 Å². The third-order valence-electron chi connectivity index (χ3n) is 3.62. The first-order valence-corrected chi connectivity index (χ1v) is 8.62. The number of benzene rings is 1. The summed E-state index contributed by atoms with van der Waals surface area (Å²) in [6.45, 7) is 5.02. The predicted octanol–water partition coefficient (Wildman–Crippen LogP) is 3.86. The van der Waals surface area contributed by atoms with Gasteiger partial charge in [0.2, 0.25) is 5.95 Å². The Labute approximate surface area is 158 Å². The average Bonchev–Trinajstić information content (AvgIpc) is 2.62. The van der Waals surface area contributed by atoms with Crippen LogP contribution in [0.1, 0.15) is 30.8 Å². The van der Waals surface area contributed by atoms with Gasteiger partial charge in [-0.25, -0.2) is 9.97 Å². The quantitative estimate of drug-likeness (QED) is 0.725. The zero-order valence-corrected chi connectivity index (χ0v) is 16.1. The smallest absolute Gasteiger partial charge is 0.274 e. The Balaban J connectivity index is 2.15. The van der Waals surface area contributed by atoms with E-state index in [4.69, 9.17) is 21.1 Å². The fourth-order valence-electron chi connectivity index (χ4n) is 2.19. The number of anilines is 2. The van der Waals surface area contributed by atoms with Crippen LogP contribution in [0.2, 0.25) is 5.02 Å². The van der Waals surface area contributed by atoms with Crippen molar-refractivity contribution in [1.82, 2.24) is 9.97 Å². The van der Waals surface area contributed by atoms with Gasteiger partial charge in [-0.15, -0.1) is 0 Å². The summed E-state index contributed by atoms with van der Waals surface area (Å²) < 4.78 is 10.4. The maximum absolute atomic E-state index is 12.5. The number of carbonyl (C=O) groups is 1. The fourth-order valence-corrected chi connectivity index (χ4v) is 2.42. The molecular weight excluding hydrogens is 356 g/mol. The SMILES string of the molecule is COc1cc(NC(=O)c2ccnc(NCCC(C)C)n2)c(OC)cc1Cl. The molecule has 1 amide bonds. The van der Waals surface area contributed by atoms with Gasteiger partial charge in [0.05, 0.1) is 24.9 Å². The summed E-state index contributed by atoms with van der Waals surface area (Å²) in [5, 5.41) is 6.27. The number of halogens is 1. The molecule has 0 radical (unpaired) electrons. The van der Waals surface area contributed by atoms with E-state index in [1.807, 2.05) is 0 Å². The standard InChI is InChI=1S/C18H23ClN4O3/c1-11(2)5-7-20-18-21-8-6-13(23-18)17(24)22-14-10-15(25-3)12(19)9-16(14)26-4/h6,8-11H,5,7H2,1-4H3,(H,22,24)(H,20,21,23). The van der Waals surface area contributed by atoms with Crippen molar-refractivity contribution in [2.75, 3.05) is 31.4 Å². The van der Waals surface area contributed by atoms with Crippen molar-refractivity contribution in [3.8, 4) is 11.5 Å². The van der Waals surface area contributed by atoms with Gasteiger partial charge in [0.25, 0.3) is 5.91 Å². The van der Waals surface area contributed by atoms with Crippen LogP contribution in [0, 0.1) is 5.92 Å². The molecule has 0 atom stereocenters. The summed E-state index contributed by atoms with van der Waals surface area (Å²) in [5.41, 5.74) is 0.676. The van der Waals surface area contributed by atoms with Crippen LogP contribution in [0.3, 0.4) is 0 Å². The van der Waals surface area contributed by atoms with E-state index in [2.05, 4.69) is 34.4 Å². The lowest BCUT2D eigenvalue weighted by Crippen LogP contribution is -2.16. The molecule has 2 aromatic rings. The zero-order chi connectivity index (χ0) is 19.1. The number of hydrogen-bond donors (Lipinski definition) is 2. The lowest BCUT2D eigenvalue weighted by Gasteiger charge is -2.13. The molecule has 0 saturated carbocycles. The van der Waals surface area contributed by atoms with Crippen molar-refractivity contribution in [3.05, 3.63) is 35.1 Å². The maximum atomic E-state index is 12.5. The topological polar surface area (TPSA) is 85.4 Å². The number of amides is 1. The molecule has 0 aliphatic rings. The number of carbonyl (C=O) groups excluding carboxylic acids is 1. The maximum Gasteiger partial charge on any atom is 0.274 e. The summed E-state index contributed by atoms with van der Waals surface area (Å²) in [7, 11) is 2.99. The van der Waals surface area contributed by atoms with Crippen LogP contribution >= 0.6 is 11.6 Å². The first-order valence-electron chi connectivity index (χ1n) is 8.24. The van der Waals surface area contributed by atoms with Crippen molar-refractivity contribution >= 4 is 29.1 Å². The molecule has 0 fully saturated rings. The van der Waals surface area contributed by atoms with Crippen LogP contribution in [0.4, 0.5) is 11.6 Å². The van der Waals surface area contributed by atoms with Gasteiger partial charge in [0.15, 0.2) is 0 Å². The van der Waals surface area contributed by atoms with E-state index in [9.17, 15) is 4.79 Å². The summed E-state index contributed by atoms with van der Waals surface area (Å²) >= 11 is 6.08. The zero-order valence-electron chi connectivity index (χ0n) is 15.3. The fraction of sp³-hybridized carbons (Fsp3) is 0.389. The second kappa shape index (κ2) is 9.24. The normalized spacial score (nSPS) is 10.5. The highest BCUT2D eigenvalue weighted by molar-refractivity contribution is 6.32. The van der Waals surface area contributed by atoms with Crippen LogP contribution in [0.5, 0.6) is 11.5 Å². The Morgan fingerprint density at radius 2 is 1.96 bits per heavy atom. The minimum absolute atomic E-state index is 0.239. The molecule has 2 N–H and O–H groups in total. The van der Waals surface area contributed by atoms with Gasteiger partial charge in [-0.2, -0.15) is 0 Å². The highest BCUT2D eigenvalue weighted by atomic mass is 35.5. The molecule has 7 nitrogen and oxygen atoms in total. The summed E-state index contributed by atoms with van der Waals surface area (Å²) in [5.74, 6) is 1.46. The van der Waals surface area contributed by atoms with Gasteiger partial charge in [-0.1, -0.05) is 25.4 Å². The van der Waals surface area contributed by atoms with Crippen LogP contribution in [-0.4, -0.2) is 36.6 Å². The summed E-state index contributed by atoms with van der Waals surface area (Å²) in [6, 6.07) is 4.72. The highest BCUT2D eigenvalue weighted by Gasteiger charge is 2.15. The van der Waals surface area contributed by atoms with Crippen molar-refractivity contribution in [2.24, 2.45) is 5.92 Å². The predicted molar refractivity (Wildman–Crippen MR) is 102 cm³/mol. The number of rotatable bonds is 8. The number of hydrogen-bond acceptors (Lipinski definition) is 6. The Hall–Kier alpha value is -2.54. The van der Waals surface area contributed by atoms with Crippen molar-refractivity contribution in [2.45, 2.75) is 20.3 Å². The Bertz CT molecular complexity index is 768. The molecule has 0 unspecified atom stereocenters. The summed E-state index contributed by atoms with van der Waals surface area (Å²) in [6.07, 6.45) is 2.53. The number of ether oxygens (including phenoxy) is 2. The van der Waals surface area contributed by atoms with Crippen molar-refractivity contribution in [1.29, 1.82) is 0 Å². The second-order valence-electron chi connectivity index (χ2n) is 6.02. The first kappa shape index (κ1) is 19.8. The van der Waals surface area contributed by atoms with Gasteiger partial charge in [-0.3, -0.25) is 4.79 Å². The lowest BCUT2D eigenvalue weighted by atomic mass is 10.1. The number of nitrogens with one attached hydrogen (secondary N) is 2. The number of nitrogens with zero attached hydrogens (tertiary/aromatic N) is 2. The Kier molecular flexibility index (Phi) is 7.03. The molecule has 26 heavy (non-hydrogen) atoms.